The summed E-state index contributed by atoms with van der Waals surface area (Å²) in [5, 5.41) is 7.56. The molecule has 2 fully saturated rings. The van der Waals surface area contributed by atoms with E-state index in [0.29, 0.717) is 12.1 Å². The quantitative estimate of drug-likeness (QED) is 0.225. The highest BCUT2D eigenvalue weighted by molar-refractivity contribution is 5.82. The Kier molecular flexibility index (Phi) is 6.21. The molecule has 0 aromatic heterocycles. The van der Waals surface area contributed by atoms with Crippen LogP contribution in [0, 0.1) is 0 Å². The first-order chi connectivity index (χ1) is 24.2. The molecule has 254 valence electrons. The van der Waals surface area contributed by atoms with Crippen LogP contribution in [0.4, 0.5) is 22.7 Å². The lowest BCUT2D eigenvalue weighted by atomic mass is 9.70. The largest absolute Gasteiger partial charge is 0.367 e. The van der Waals surface area contributed by atoms with Gasteiger partial charge >= 0.3 is 0 Å². The summed E-state index contributed by atoms with van der Waals surface area (Å²) in [6.07, 6.45) is 6.94. The number of piperazine rings is 1. The van der Waals surface area contributed by atoms with E-state index in [0.717, 1.165) is 12.8 Å². The Morgan fingerprint density at radius 2 is 0.760 bits per heavy atom. The van der Waals surface area contributed by atoms with Gasteiger partial charge in [0, 0.05) is 57.4 Å². The molecule has 10 rings (SSSR count). The van der Waals surface area contributed by atoms with Gasteiger partial charge in [0.1, 0.15) is 12.3 Å². The number of benzene rings is 4. The molecule has 50 heavy (non-hydrogen) atoms. The van der Waals surface area contributed by atoms with E-state index < -0.39 is 0 Å². The van der Waals surface area contributed by atoms with Crippen molar-refractivity contribution in [3.63, 3.8) is 0 Å². The number of para-hydroxylation sites is 4. The van der Waals surface area contributed by atoms with Crippen LogP contribution in [0.3, 0.4) is 0 Å². The number of allylic oxidation sites excluding steroid dienone is 2. The van der Waals surface area contributed by atoms with Crippen molar-refractivity contribution in [2.45, 2.75) is 102 Å². The monoisotopic (exact) mass is 660 g/mol. The number of nitrogens with one attached hydrogen (secondary N) is 2. The van der Waals surface area contributed by atoms with Crippen molar-refractivity contribution in [3.05, 3.63) is 143 Å². The van der Waals surface area contributed by atoms with Crippen LogP contribution in [0.25, 0.3) is 0 Å². The number of hydrogen-bond donors (Lipinski definition) is 2. The molecule has 6 atom stereocenters. The summed E-state index contributed by atoms with van der Waals surface area (Å²) in [7, 11) is 0. The van der Waals surface area contributed by atoms with Crippen molar-refractivity contribution < 1.29 is 0 Å². The molecular formula is C44H48N6. The fourth-order valence-electron chi connectivity index (χ4n) is 11.0. The number of fused-ring (bicyclic) bond motifs is 10. The van der Waals surface area contributed by atoms with E-state index >= 15 is 0 Å². The van der Waals surface area contributed by atoms with Crippen LogP contribution in [0.1, 0.15) is 76.6 Å². The predicted octanol–water partition coefficient (Wildman–Crippen LogP) is 8.41. The molecule has 6 nitrogen and oxygen atoms in total. The zero-order valence-corrected chi connectivity index (χ0v) is 30.1. The summed E-state index contributed by atoms with van der Waals surface area (Å²) in [5.41, 5.74) is 13.5. The Morgan fingerprint density at radius 1 is 0.460 bits per heavy atom. The predicted molar refractivity (Wildman–Crippen MR) is 204 cm³/mol. The second-order valence-corrected chi connectivity index (χ2v) is 16.4. The lowest BCUT2D eigenvalue weighted by molar-refractivity contribution is -0.0471. The summed E-state index contributed by atoms with van der Waals surface area (Å²) in [4.78, 5) is 11.0. The second kappa shape index (κ2) is 10.3. The van der Waals surface area contributed by atoms with Crippen molar-refractivity contribution in [2.75, 3.05) is 9.80 Å². The normalized spacial score (nSPS) is 29.2. The first-order valence-electron chi connectivity index (χ1n) is 18.6. The van der Waals surface area contributed by atoms with Gasteiger partial charge in [-0.2, -0.15) is 0 Å². The van der Waals surface area contributed by atoms with Crippen molar-refractivity contribution in [1.82, 2.24) is 20.4 Å². The highest BCUT2D eigenvalue weighted by Gasteiger charge is 2.57. The van der Waals surface area contributed by atoms with E-state index in [-0.39, 0.29) is 35.2 Å². The minimum absolute atomic E-state index is 0.102. The van der Waals surface area contributed by atoms with Gasteiger partial charge in [0.05, 0.1) is 24.2 Å². The Morgan fingerprint density at radius 3 is 1.08 bits per heavy atom. The van der Waals surface area contributed by atoms with Gasteiger partial charge in [0.25, 0.3) is 0 Å². The summed E-state index contributed by atoms with van der Waals surface area (Å²) in [6, 6.07) is 38.0. The first-order valence-corrected chi connectivity index (χ1v) is 18.6. The molecular weight excluding hydrogens is 613 g/mol. The van der Waals surface area contributed by atoms with E-state index in [9.17, 15) is 0 Å². The molecule has 0 bridgehead atoms. The zero-order chi connectivity index (χ0) is 34.1. The Hall–Kier alpha value is -4.84. The van der Waals surface area contributed by atoms with Crippen molar-refractivity contribution >= 4 is 22.7 Å². The lowest BCUT2D eigenvalue weighted by Crippen LogP contribution is -2.74. The third-order valence-electron chi connectivity index (χ3n) is 13.2. The minimum atomic E-state index is -0.102. The average molecular weight is 661 g/mol. The number of hydrogen-bond acceptors (Lipinski definition) is 6. The zero-order valence-electron chi connectivity index (χ0n) is 30.1. The molecule has 1 aliphatic carbocycles. The van der Waals surface area contributed by atoms with Gasteiger partial charge in [-0.3, -0.25) is 0 Å². The van der Waals surface area contributed by atoms with Crippen LogP contribution in [0.5, 0.6) is 0 Å². The van der Waals surface area contributed by atoms with E-state index in [2.05, 4.69) is 181 Å². The summed E-state index contributed by atoms with van der Waals surface area (Å²) >= 11 is 0. The van der Waals surface area contributed by atoms with E-state index in [1.54, 1.807) is 0 Å². The molecule has 2 N–H and O–H groups in total. The van der Waals surface area contributed by atoms with Crippen LogP contribution >= 0.6 is 0 Å². The number of nitrogens with zero attached hydrogens (tertiary/aromatic N) is 4. The average Bonchev–Trinajstić information content (AvgIpc) is 3.71. The molecule has 6 heteroatoms. The molecule has 6 unspecified atom stereocenters. The van der Waals surface area contributed by atoms with Crippen molar-refractivity contribution in [3.8, 4) is 0 Å². The fourth-order valence-corrected chi connectivity index (χ4v) is 11.0. The van der Waals surface area contributed by atoms with Gasteiger partial charge in [0.15, 0.2) is 0 Å². The van der Waals surface area contributed by atoms with Crippen LogP contribution < -0.4 is 20.4 Å². The molecule has 5 aliphatic heterocycles. The highest BCUT2D eigenvalue weighted by atomic mass is 15.5. The van der Waals surface area contributed by atoms with Crippen molar-refractivity contribution in [2.24, 2.45) is 0 Å². The van der Waals surface area contributed by atoms with E-state index in [1.807, 2.05) is 0 Å². The van der Waals surface area contributed by atoms with Gasteiger partial charge in [-0.15, -0.1) is 0 Å². The molecule has 0 spiro atoms. The maximum Gasteiger partial charge on any atom is 0.139 e. The summed E-state index contributed by atoms with van der Waals surface area (Å²) in [5.74, 6) is 0. The van der Waals surface area contributed by atoms with Gasteiger partial charge in [0.2, 0.25) is 0 Å². The Bertz CT molecular complexity index is 1850. The molecule has 1 saturated heterocycles. The van der Waals surface area contributed by atoms with Crippen LogP contribution in [-0.4, -0.2) is 46.3 Å². The van der Waals surface area contributed by atoms with Crippen molar-refractivity contribution in [1.29, 1.82) is 0 Å². The SMILES string of the molecule is CC1=CNC2C3NC=C(C)N3C3CC(N4c5ccccc5C(C)(C)c5ccccc54)C(N4c5ccccc5C(C)(C)c5ccccc54)CC3N12. The molecule has 6 aliphatic rings. The maximum atomic E-state index is 3.78. The maximum absolute atomic E-state index is 3.78. The second-order valence-electron chi connectivity index (χ2n) is 16.4. The fraction of sp³-hybridized carbons (Fsp3) is 0.364. The third kappa shape index (κ3) is 3.85. The summed E-state index contributed by atoms with van der Waals surface area (Å²) in [6.45, 7) is 14.2. The highest BCUT2D eigenvalue weighted by Crippen LogP contribution is 2.56. The van der Waals surface area contributed by atoms with E-state index in [1.165, 1.54) is 56.4 Å². The van der Waals surface area contributed by atoms with Crippen LogP contribution in [0.2, 0.25) is 0 Å². The molecule has 0 radical (unpaired) electrons. The first kappa shape index (κ1) is 30.0. The van der Waals surface area contributed by atoms with Gasteiger partial charge in [-0.25, -0.2) is 0 Å². The Labute approximate surface area is 297 Å². The van der Waals surface area contributed by atoms with Crippen LogP contribution in [-0.2, 0) is 10.8 Å². The molecule has 4 aromatic carbocycles. The Balaban J connectivity index is 1.22. The van der Waals surface area contributed by atoms with Gasteiger partial charge in [-0.05, 0) is 73.2 Å². The molecule has 4 aromatic rings. The molecule has 5 heterocycles. The van der Waals surface area contributed by atoms with Gasteiger partial charge < -0.3 is 30.2 Å². The van der Waals surface area contributed by atoms with Gasteiger partial charge in [-0.1, -0.05) is 100 Å². The topological polar surface area (TPSA) is 37.0 Å². The molecule has 0 amide bonds. The third-order valence-corrected chi connectivity index (χ3v) is 13.2. The van der Waals surface area contributed by atoms with Crippen LogP contribution in [0.15, 0.2) is 121 Å². The van der Waals surface area contributed by atoms with E-state index in [4.69, 9.17) is 0 Å². The number of anilines is 4. The minimum Gasteiger partial charge on any atom is -0.367 e. The molecule has 1 saturated carbocycles. The lowest BCUT2D eigenvalue weighted by Gasteiger charge is -2.61. The summed E-state index contributed by atoms with van der Waals surface area (Å²) < 4.78 is 0. The standard InChI is InChI=1S/C44H48N6/c1-27-25-45-41-42-46-26-28(2)48(42)38-24-40(50-35-21-13-9-17-31(35)44(5,6)32-18-10-14-22-36(32)50)39(23-37(38)47(27)41)49-33-19-11-7-15-29(33)43(3,4)30-16-8-12-20-34(30)49/h7-22,25-26,37-42,45-46H,23-24H2,1-6H3. The smallest absolute Gasteiger partial charge is 0.139 e. The number of rotatable bonds is 2.